The highest BCUT2D eigenvalue weighted by Crippen LogP contribution is 2.41. The molecule has 2 bridgehead atoms. The van der Waals surface area contributed by atoms with E-state index in [1.54, 1.807) is 6.08 Å². The van der Waals surface area contributed by atoms with E-state index in [1.165, 1.54) is 21.3 Å². The van der Waals surface area contributed by atoms with Crippen molar-refractivity contribution >= 4 is 0 Å². The van der Waals surface area contributed by atoms with Gasteiger partial charge in [0.2, 0.25) is 0 Å². The first-order chi connectivity index (χ1) is 9.93. The van der Waals surface area contributed by atoms with Crippen LogP contribution in [0.1, 0.15) is 12.1 Å². The Bertz CT molecular complexity index is 710. The molecule has 21 heavy (non-hydrogen) atoms. The summed E-state index contributed by atoms with van der Waals surface area (Å²) in [6, 6.07) is -1.74. The van der Waals surface area contributed by atoms with Crippen LogP contribution < -0.4 is 11.4 Å². The van der Waals surface area contributed by atoms with E-state index in [9.17, 15) is 19.8 Å². The average molecular weight is 299 g/mol. The Balaban J connectivity index is 2.26. The first-order valence-corrected chi connectivity index (χ1v) is 6.47. The second kappa shape index (κ2) is 4.67. The van der Waals surface area contributed by atoms with Crippen LogP contribution in [-0.4, -0.2) is 56.9 Å². The SMILES string of the molecule is COC(OC)C1=CC2C(O)C(O)C1n1c(=O)n(C)c(=O)n12. The van der Waals surface area contributed by atoms with Gasteiger partial charge in [0.05, 0.1) is 0 Å². The van der Waals surface area contributed by atoms with Gasteiger partial charge < -0.3 is 19.7 Å². The second-order valence-corrected chi connectivity index (χ2v) is 5.20. The van der Waals surface area contributed by atoms with Gasteiger partial charge in [0.1, 0.15) is 24.3 Å². The number of ether oxygens (including phenoxy) is 2. The van der Waals surface area contributed by atoms with Crippen molar-refractivity contribution in [1.29, 1.82) is 0 Å². The summed E-state index contributed by atoms with van der Waals surface area (Å²) in [6.45, 7) is 0. The molecule has 9 nitrogen and oxygen atoms in total. The maximum atomic E-state index is 12.2. The van der Waals surface area contributed by atoms with E-state index < -0.39 is 42.0 Å². The molecular weight excluding hydrogens is 282 g/mol. The third kappa shape index (κ3) is 1.65. The van der Waals surface area contributed by atoms with Crippen LogP contribution >= 0.6 is 0 Å². The fourth-order valence-electron chi connectivity index (χ4n) is 3.17. The Labute approximate surface area is 119 Å². The summed E-state index contributed by atoms with van der Waals surface area (Å²) in [6.07, 6.45) is -1.55. The largest absolute Gasteiger partial charge is 0.388 e. The number of hydrogen-bond donors (Lipinski definition) is 2. The van der Waals surface area contributed by atoms with Crippen molar-refractivity contribution in [2.75, 3.05) is 14.2 Å². The Morgan fingerprint density at radius 2 is 1.67 bits per heavy atom. The first kappa shape index (κ1) is 14.3. The quantitative estimate of drug-likeness (QED) is 0.481. The van der Waals surface area contributed by atoms with Gasteiger partial charge in [0.15, 0.2) is 6.29 Å². The van der Waals surface area contributed by atoms with Gasteiger partial charge in [-0.2, -0.15) is 0 Å². The molecule has 4 rings (SSSR count). The number of hydrogen-bond acceptors (Lipinski definition) is 6. The average Bonchev–Trinajstić information content (AvgIpc) is 2.71. The van der Waals surface area contributed by atoms with Crippen LogP contribution in [0.4, 0.5) is 0 Å². The summed E-state index contributed by atoms with van der Waals surface area (Å²) in [7, 11) is 4.22. The van der Waals surface area contributed by atoms with Gasteiger partial charge in [0, 0.05) is 26.8 Å². The number of nitrogens with zero attached hydrogens (tertiary/aromatic N) is 3. The molecule has 2 aliphatic heterocycles. The normalized spacial score (nSPS) is 30.7. The van der Waals surface area contributed by atoms with E-state index in [0.29, 0.717) is 5.57 Å². The van der Waals surface area contributed by atoms with Crippen molar-refractivity contribution in [3.8, 4) is 0 Å². The molecule has 116 valence electrons. The van der Waals surface area contributed by atoms with Gasteiger partial charge >= 0.3 is 11.4 Å². The molecule has 0 fully saturated rings. The lowest BCUT2D eigenvalue weighted by Crippen LogP contribution is -2.57. The molecular formula is C12H17N3O6. The minimum absolute atomic E-state index is 0.510. The number of fused-ring (bicyclic) bond motifs is 1. The van der Waals surface area contributed by atoms with E-state index in [-0.39, 0.29) is 0 Å². The van der Waals surface area contributed by atoms with Gasteiger partial charge in [-0.1, -0.05) is 6.08 Å². The van der Waals surface area contributed by atoms with Crippen LogP contribution in [-0.2, 0) is 16.5 Å². The number of methoxy groups -OCH3 is 2. The molecule has 0 saturated heterocycles. The van der Waals surface area contributed by atoms with Gasteiger partial charge in [-0.15, -0.1) is 0 Å². The highest BCUT2D eigenvalue weighted by Gasteiger charge is 2.50. The van der Waals surface area contributed by atoms with Crippen LogP contribution in [0.15, 0.2) is 21.2 Å². The summed E-state index contributed by atoms with van der Waals surface area (Å²) >= 11 is 0. The number of aromatic nitrogens is 3. The molecule has 3 heterocycles. The molecule has 0 amide bonds. The molecule has 0 radical (unpaired) electrons. The monoisotopic (exact) mass is 299 g/mol. The summed E-state index contributed by atoms with van der Waals surface area (Å²) < 4.78 is 13.6. The van der Waals surface area contributed by atoms with Crippen molar-refractivity contribution in [2.24, 2.45) is 7.05 Å². The molecule has 2 N–H and O–H groups in total. The Morgan fingerprint density at radius 1 is 1.10 bits per heavy atom. The van der Waals surface area contributed by atoms with Crippen LogP contribution in [0.2, 0.25) is 0 Å². The van der Waals surface area contributed by atoms with Gasteiger partial charge in [-0.05, 0) is 0 Å². The maximum absolute atomic E-state index is 12.2. The lowest BCUT2D eigenvalue weighted by molar-refractivity contribution is -0.114. The van der Waals surface area contributed by atoms with Crippen LogP contribution in [0.25, 0.3) is 0 Å². The predicted octanol–water partition coefficient (Wildman–Crippen LogP) is -2.27. The molecule has 4 unspecified atom stereocenters. The molecule has 0 saturated carbocycles. The fourth-order valence-corrected chi connectivity index (χ4v) is 3.17. The first-order valence-electron chi connectivity index (χ1n) is 6.47. The minimum atomic E-state index is -1.22. The second-order valence-electron chi connectivity index (χ2n) is 5.20. The number of aliphatic hydroxyl groups excluding tert-OH is 2. The standard InChI is InChI=1S/C12H17N3O6/c1-13-11(18)14-6-4-5(10(20-2)21-3)7(9(17)8(6)16)15(14)12(13)19/h4,6-10,16-17H,1-3H3. The molecule has 9 heteroatoms. The highest BCUT2D eigenvalue weighted by molar-refractivity contribution is 5.26. The van der Waals surface area contributed by atoms with Gasteiger partial charge in [-0.3, -0.25) is 0 Å². The van der Waals surface area contributed by atoms with Crippen LogP contribution in [0.3, 0.4) is 0 Å². The summed E-state index contributed by atoms with van der Waals surface area (Å²) in [5.74, 6) is 0. The van der Waals surface area contributed by atoms with Crippen molar-refractivity contribution in [3.63, 3.8) is 0 Å². The van der Waals surface area contributed by atoms with Crippen LogP contribution in [0.5, 0.6) is 0 Å². The number of rotatable bonds is 3. The van der Waals surface area contributed by atoms with Crippen molar-refractivity contribution in [3.05, 3.63) is 32.6 Å². The third-order valence-corrected chi connectivity index (χ3v) is 4.17. The van der Waals surface area contributed by atoms with Crippen molar-refractivity contribution < 1.29 is 19.7 Å². The summed E-state index contributed by atoms with van der Waals surface area (Å²) in [5, 5.41) is 20.4. The molecule has 0 spiro atoms. The fraction of sp³-hybridized carbons (Fsp3) is 0.667. The van der Waals surface area contributed by atoms with E-state index >= 15 is 0 Å². The van der Waals surface area contributed by atoms with Gasteiger partial charge in [0.25, 0.3) is 0 Å². The molecule has 1 aromatic heterocycles. The zero-order chi connectivity index (χ0) is 15.5. The number of aliphatic hydroxyl groups is 2. The third-order valence-electron chi connectivity index (χ3n) is 4.17. The summed E-state index contributed by atoms with van der Waals surface area (Å²) in [5.41, 5.74) is -0.587. The predicted molar refractivity (Wildman–Crippen MR) is 69.9 cm³/mol. The maximum Gasteiger partial charge on any atom is 0.347 e. The lowest BCUT2D eigenvalue weighted by Gasteiger charge is -2.45. The van der Waals surface area contributed by atoms with Crippen molar-refractivity contribution in [1.82, 2.24) is 13.9 Å². The topological polar surface area (TPSA) is 108 Å². The zero-order valence-electron chi connectivity index (χ0n) is 11.8. The van der Waals surface area contributed by atoms with E-state index in [1.807, 2.05) is 0 Å². The van der Waals surface area contributed by atoms with E-state index in [4.69, 9.17) is 9.47 Å². The Morgan fingerprint density at radius 3 is 2.24 bits per heavy atom. The van der Waals surface area contributed by atoms with E-state index in [2.05, 4.69) is 0 Å². The molecule has 3 aliphatic rings. The van der Waals surface area contributed by atoms with Crippen molar-refractivity contribution in [2.45, 2.75) is 30.6 Å². The smallest absolute Gasteiger partial charge is 0.347 e. The summed E-state index contributed by atoms with van der Waals surface area (Å²) in [4.78, 5) is 24.3. The minimum Gasteiger partial charge on any atom is -0.388 e. The zero-order valence-corrected chi connectivity index (χ0v) is 11.8. The molecule has 1 aliphatic carbocycles. The Kier molecular flexibility index (Phi) is 3.17. The molecule has 1 aromatic rings. The molecule has 4 atom stereocenters. The van der Waals surface area contributed by atoms with Crippen LogP contribution in [0, 0.1) is 0 Å². The van der Waals surface area contributed by atoms with E-state index in [0.717, 1.165) is 13.9 Å². The Hall–Kier alpha value is -1.68. The highest BCUT2D eigenvalue weighted by atomic mass is 16.7. The molecule has 0 aromatic carbocycles. The lowest BCUT2D eigenvalue weighted by atomic mass is 9.84. The van der Waals surface area contributed by atoms with Gasteiger partial charge in [-0.25, -0.2) is 23.5 Å².